The summed E-state index contributed by atoms with van der Waals surface area (Å²) in [6.45, 7) is 5.60. The van der Waals surface area contributed by atoms with E-state index in [0.717, 1.165) is 9.86 Å². The zero-order chi connectivity index (χ0) is 12.8. The summed E-state index contributed by atoms with van der Waals surface area (Å²) in [5.41, 5.74) is 0.200. The summed E-state index contributed by atoms with van der Waals surface area (Å²) in [5, 5.41) is 1.44. The minimum atomic E-state index is -0.454. The summed E-state index contributed by atoms with van der Waals surface area (Å²) in [4.78, 5) is 12.1. The van der Waals surface area contributed by atoms with Gasteiger partial charge in [0, 0.05) is 15.8 Å². The average Bonchev–Trinajstić information content (AvgIpc) is 2.58. The number of hydrogen-bond acceptors (Lipinski definition) is 2. The third-order valence-electron chi connectivity index (χ3n) is 2.44. The largest absolute Gasteiger partial charge is 0.452 e. The maximum Gasteiger partial charge on any atom is 0.203 e. The highest BCUT2D eigenvalue weighted by atomic mass is 79.9. The Labute approximate surface area is 113 Å². The van der Waals surface area contributed by atoms with Crippen LogP contribution in [0.15, 0.2) is 27.1 Å². The molecule has 17 heavy (non-hydrogen) atoms. The Morgan fingerprint density at radius 3 is 2.53 bits per heavy atom. The van der Waals surface area contributed by atoms with Crippen molar-refractivity contribution in [2.45, 2.75) is 20.8 Å². The van der Waals surface area contributed by atoms with Gasteiger partial charge in [-0.3, -0.25) is 4.79 Å². The van der Waals surface area contributed by atoms with E-state index >= 15 is 0 Å². The lowest BCUT2D eigenvalue weighted by atomic mass is 9.89. The van der Waals surface area contributed by atoms with Crippen molar-refractivity contribution in [3.63, 3.8) is 0 Å². The van der Waals surface area contributed by atoms with Gasteiger partial charge in [-0.25, -0.2) is 0 Å². The third kappa shape index (κ3) is 2.40. The van der Waals surface area contributed by atoms with Crippen LogP contribution in [0.3, 0.4) is 0 Å². The van der Waals surface area contributed by atoms with Crippen LogP contribution in [0.5, 0.6) is 0 Å². The number of furan rings is 1. The summed E-state index contributed by atoms with van der Waals surface area (Å²) in [6, 6.07) is 5.27. The first kappa shape index (κ1) is 12.7. The molecule has 0 unspecified atom stereocenters. The number of Topliss-reactive ketones (excluding diaryl/α,β-unsaturated/α-hetero) is 1. The highest BCUT2D eigenvalue weighted by molar-refractivity contribution is 9.10. The van der Waals surface area contributed by atoms with Crippen LogP contribution in [0.25, 0.3) is 11.0 Å². The Hall–Kier alpha value is -0.800. The number of carbonyl (C=O) groups is 1. The predicted octanol–water partition coefficient (Wildman–Crippen LogP) is 5.08. The molecule has 0 spiro atoms. The molecule has 0 fully saturated rings. The maximum atomic E-state index is 12.1. The number of carbonyl (C=O) groups excluding carboxylic acids is 1. The van der Waals surface area contributed by atoms with Crippen LogP contribution in [-0.4, -0.2) is 5.78 Å². The van der Waals surface area contributed by atoms with E-state index in [2.05, 4.69) is 15.9 Å². The van der Waals surface area contributed by atoms with Crippen molar-refractivity contribution in [3.8, 4) is 0 Å². The van der Waals surface area contributed by atoms with Crippen LogP contribution in [0.4, 0.5) is 0 Å². The van der Waals surface area contributed by atoms with Crippen LogP contribution < -0.4 is 0 Å². The van der Waals surface area contributed by atoms with Crippen molar-refractivity contribution in [3.05, 3.63) is 33.5 Å². The Bertz CT molecular complexity index is 593. The van der Waals surface area contributed by atoms with E-state index in [-0.39, 0.29) is 5.78 Å². The molecule has 0 aliphatic carbocycles. The zero-order valence-corrected chi connectivity index (χ0v) is 12.1. The molecule has 2 rings (SSSR count). The molecule has 90 valence electrons. The minimum absolute atomic E-state index is 0.0169. The van der Waals surface area contributed by atoms with E-state index in [1.807, 2.05) is 20.8 Å². The molecule has 2 nitrogen and oxygen atoms in total. The van der Waals surface area contributed by atoms with Gasteiger partial charge in [0.05, 0.1) is 4.47 Å². The van der Waals surface area contributed by atoms with E-state index < -0.39 is 5.41 Å². The lowest BCUT2D eigenvalue weighted by molar-refractivity contribution is 0.0831. The summed E-state index contributed by atoms with van der Waals surface area (Å²) >= 11 is 9.32. The van der Waals surface area contributed by atoms with Crippen LogP contribution in [0.1, 0.15) is 31.3 Å². The van der Waals surface area contributed by atoms with E-state index in [1.54, 1.807) is 18.2 Å². The number of hydrogen-bond donors (Lipinski definition) is 0. The highest BCUT2D eigenvalue weighted by Crippen LogP contribution is 2.32. The van der Waals surface area contributed by atoms with Crippen LogP contribution in [0, 0.1) is 5.41 Å². The Balaban J connectivity index is 2.60. The highest BCUT2D eigenvalue weighted by Gasteiger charge is 2.26. The molecule has 0 amide bonds. The maximum absolute atomic E-state index is 12.1. The molecule has 1 aromatic heterocycles. The molecule has 4 heteroatoms. The fourth-order valence-electron chi connectivity index (χ4n) is 1.56. The topological polar surface area (TPSA) is 30.2 Å². The van der Waals surface area contributed by atoms with Gasteiger partial charge in [0.25, 0.3) is 0 Å². The second kappa shape index (κ2) is 4.14. The quantitative estimate of drug-likeness (QED) is 0.687. The van der Waals surface area contributed by atoms with Crippen molar-refractivity contribution in [2.24, 2.45) is 5.41 Å². The average molecular weight is 316 g/mol. The molecule has 0 atom stereocenters. The van der Waals surface area contributed by atoms with E-state index in [0.29, 0.717) is 16.4 Å². The number of benzene rings is 1. The van der Waals surface area contributed by atoms with Crippen molar-refractivity contribution >= 4 is 44.3 Å². The standard InChI is InChI=1S/C13H12BrClO2/c1-13(2,3)12(16)10-5-7-4-8(15)6-9(14)11(7)17-10/h4-6H,1-3H3. The van der Waals surface area contributed by atoms with Crippen LogP contribution in [-0.2, 0) is 0 Å². The van der Waals surface area contributed by atoms with Crippen molar-refractivity contribution in [2.75, 3.05) is 0 Å². The van der Waals surface area contributed by atoms with E-state index in [9.17, 15) is 4.79 Å². The first-order valence-corrected chi connectivity index (χ1v) is 6.39. The lowest BCUT2D eigenvalue weighted by Gasteiger charge is -2.13. The fourth-order valence-corrected chi connectivity index (χ4v) is 2.47. The molecule has 1 heterocycles. The zero-order valence-electron chi connectivity index (χ0n) is 9.80. The van der Waals surface area contributed by atoms with Crippen molar-refractivity contribution in [1.29, 1.82) is 0 Å². The third-order valence-corrected chi connectivity index (χ3v) is 3.25. The molecule has 0 aliphatic rings. The normalized spacial score (nSPS) is 12.1. The molecule has 1 aromatic carbocycles. The van der Waals surface area contributed by atoms with Gasteiger partial charge in [-0.1, -0.05) is 32.4 Å². The summed E-state index contributed by atoms with van der Waals surface area (Å²) in [6.07, 6.45) is 0. The van der Waals surface area contributed by atoms with Gasteiger partial charge in [-0.15, -0.1) is 0 Å². The monoisotopic (exact) mass is 314 g/mol. The number of rotatable bonds is 1. The van der Waals surface area contributed by atoms with Crippen LogP contribution >= 0.6 is 27.5 Å². The Morgan fingerprint density at radius 2 is 1.94 bits per heavy atom. The minimum Gasteiger partial charge on any atom is -0.452 e. The molecular formula is C13H12BrClO2. The Kier molecular flexibility index (Phi) is 3.08. The van der Waals surface area contributed by atoms with Gasteiger partial charge >= 0.3 is 0 Å². The second-order valence-corrected chi connectivity index (χ2v) is 6.29. The molecular weight excluding hydrogens is 303 g/mol. The van der Waals surface area contributed by atoms with Gasteiger partial charge in [-0.05, 0) is 34.1 Å². The Morgan fingerprint density at radius 1 is 1.29 bits per heavy atom. The summed E-state index contributed by atoms with van der Waals surface area (Å²) < 4.78 is 6.34. The SMILES string of the molecule is CC(C)(C)C(=O)c1cc2cc(Cl)cc(Br)c2o1. The summed E-state index contributed by atoms with van der Waals surface area (Å²) in [5.74, 6) is 0.354. The van der Waals surface area contributed by atoms with Gasteiger partial charge in [0.2, 0.25) is 5.78 Å². The molecule has 0 saturated heterocycles. The molecule has 0 bridgehead atoms. The molecule has 0 N–H and O–H groups in total. The smallest absolute Gasteiger partial charge is 0.203 e. The first-order chi connectivity index (χ1) is 7.79. The van der Waals surface area contributed by atoms with Gasteiger partial charge < -0.3 is 4.42 Å². The van der Waals surface area contributed by atoms with Gasteiger partial charge in [-0.2, -0.15) is 0 Å². The molecule has 0 radical (unpaired) electrons. The number of halogens is 2. The number of fused-ring (bicyclic) bond motifs is 1. The predicted molar refractivity (Wildman–Crippen MR) is 72.7 cm³/mol. The van der Waals surface area contributed by atoms with E-state index in [4.69, 9.17) is 16.0 Å². The molecule has 2 aromatic rings. The first-order valence-electron chi connectivity index (χ1n) is 5.22. The number of ketones is 1. The fraction of sp³-hybridized carbons (Fsp3) is 0.308. The summed E-state index contributed by atoms with van der Waals surface area (Å²) in [7, 11) is 0. The van der Waals surface area contributed by atoms with Crippen molar-refractivity contribution in [1.82, 2.24) is 0 Å². The molecule has 0 aliphatic heterocycles. The lowest BCUT2D eigenvalue weighted by Crippen LogP contribution is -2.19. The second-order valence-electron chi connectivity index (χ2n) is 5.00. The van der Waals surface area contributed by atoms with Gasteiger partial charge in [0.1, 0.15) is 5.58 Å². The van der Waals surface area contributed by atoms with Gasteiger partial charge in [0.15, 0.2) is 5.76 Å². The van der Waals surface area contributed by atoms with Crippen LogP contribution in [0.2, 0.25) is 5.02 Å². The van der Waals surface area contributed by atoms with E-state index in [1.165, 1.54) is 0 Å². The van der Waals surface area contributed by atoms with Crippen molar-refractivity contribution < 1.29 is 9.21 Å². The molecule has 0 saturated carbocycles.